The summed E-state index contributed by atoms with van der Waals surface area (Å²) in [4.78, 5) is 15.5. The zero-order chi connectivity index (χ0) is 34.9. The third kappa shape index (κ3) is 5.83. The molecule has 8 rings (SSSR count). The quantitative estimate of drug-likeness (QED) is 0.0924. The largest absolute Gasteiger partial charge is 0.501 e. The molecule has 0 atom stereocenters. The minimum absolute atomic E-state index is 0.0242. The molecule has 51 heavy (non-hydrogen) atoms. The summed E-state index contributed by atoms with van der Waals surface area (Å²) < 4.78 is 5.65. The van der Waals surface area contributed by atoms with Gasteiger partial charge < -0.3 is 9.64 Å². The molecule has 0 amide bonds. The average molecular weight is 660 g/mol. The first-order chi connectivity index (χ1) is 25.0. The Hall–Kier alpha value is -6.45. The summed E-state index contributed by atoms with van der Waals surface area (Å²) in [5.74, 6) is 0.584. The van der Waals surface area contributed by atoms with Crippen molar-refractivity contribution in [1.82, 2.24) is 0 Å². The maximum Gasteiger partial charge on any atom is 0.163 e. The van der Waals surface area contributed by atoms with Crippen molar-refractivity contribution in [3.05, 3.63) is 181 Å². The first-order valence-electron chi connectivity index (χ1n) is 17.3. The number of nitrogens with zero attached hydrogens (tertiary/aromatic N) is 1. The number of benzene rings is 8. The number of rotatable bonds is 8. The van der Waals surface area contributed by atoms with Gasteiger partial charge in [0.1, 0.15) is 5.76 Å². The van der Waals surface area contributed by atoms with Crippen molar-refractivity contribution in [3.63, 3.8) is 0 Å². The SMILES string of the molecule is CO/C(C)=C(\C(C)=O)c1cc2c3ccccc3c(N(c3ccc(-c4ccccc4)cc3)c3ccc(-c4ccccc4)cc3)cc2c2ccccc12. The molecule has 0 aliphatic rings. The maximum atomic E-state index is 13.1. The molecule has 0 spiro atoms. The molecule has 0 unspecified atom stereocenters. The normalized spacial score (nSPS) is 11.8. The van der Waals surface area contributed by atoms with Gasteiger partial charge in [-0.1, -0.05) is 133 Å². The molecule has 246 valence electrons. The van der Waals surface area contributed by atoms with Crippen LogP contribution in [-0.4, -0.2) is 12.9 Å². The van der Waals surface area contributed by atoms with Crippen LogP contribution in [0.3, 0.4) is 0 Å². The van der Waals surface area contributed by atoms with Crippen molar-refractivity contribution in [3.8, 4) is 22.3 Å². The van der Waals surface area contributed by atoms with Crippen molar-refractivity contribution in [2.24, 2.45) is 0 Å². The van der Waals surface area contributed by atoms with Crippen LogP contribution in [-0.2, 0) is 9.53 Å². The molecule has 0 fully saturated rings. The van der Waals surface area contributed by atoms with Gasteiger partial charge in [-0.05, 0) is 105 Å². The highest BCUT2D eigenvalue weighted by atomic mass is 16.5. The third-order valence-corrected chi connectivity index (χ3v) is 9.85. The summed E-state index contributed by atoms with van der Waals surface area (Å²) in [6.45, 7) is 3.48. The number of ketones is 1. The van der Waals surface area contributed by atoms with Gasteiger partial charge in [0.25, 0.3) is 0 Å². The molecule has 0 bridgehead atoms. The van der Waals surface area contributed by atoms with Crippen LogP contribution in [0.25, 0.3) is 60.1 Å². The molecule has 0 aromatic heterocycles. The zero-order valence-electron chi connectivity index (χ0n) is 28.9. The van der Waals surface area contributed by atoms with Gasteiger partial charge in [-0.3, -0.25) is 4.79 Å². The summed E-state index contributed by atoms with van der Waals surface area (Å²) in [6, 6.07) is 60.1. The van der Waals surface area contributed by atoms with Crippen molar-refractivity contribution in [2.75, 3.05) is 12.0 Å². The van der Waals surface area contributed by atoms with Crippen LogP contribution in [0.15, 0.2) is 176 Å². The number of carbonyl (C=O) groups is 1. The molecular weight excluding hydrogens is 623 g/mol. The van der Waals surface area contributed by atoms with E-state index in [1.165, 1.54) is 22.3 Å². The highest BCUT2D eigenvalue weighted by Gasteiger charge is 2.22. The van der Waals surface area contributed by atoms with E-state index in [0.717, 1.165) is 54.9 Å². The van der Waals surface area contributed by atoms with Gasteiger partial charge in [-0.2, -0.15) is 0 Å². The van der Waals surface area contributed by atoms with Crippen LogP contribution >= 0.6 is 0 Å². The number of ether oxygens (including phenoxy) is 1. The van der Waals surface area contributed by atoms with E-state index < -0.39 is 0 Å². The van der Waals surface area contributed by atoms with Crippen LogP contribution in [0, 0.1) is 0 Å². The van der Waals surface area contributed by atoms with Crippen LogP contribution in [0.4, 0.5) is 17.1 Å². The average Bonchev–Trinajstić information content (AvgIpc) is 3.19. The molecule has 0 saturated heterocycles. The summed E-state index contributed by atoms with van der Waals surface area (Å²) in [5.41, 5.74) is 9.38. The van der Waals surface area contributed by atoms with E-state index in [4.69, 9.17) is 4.74 Å². The fourth-order valence-electron chi connectivity index (χ4n) is 7.35. The standard InChI is InChI=1S/C48H37NO2/c1-32(50)48(33(2)51-3)46-30-44-42-20-12-13-21-43(42)47(31-45(44)40-18-10-11-19-41(40)46)49(38-26-22-36(23-27-38)34-14-6-4-7-15-34)39-28-24-37(25-29-39)35-16-8-5-9-17-35/h4-31H,1-3H3/b48-33+. The first-order valence-corrected chi connectivity index (χ1v) is 17.3. The number of allylic oxidation sites excluding steroid dienone is 2. The Kier molecular flexibility index (Phi) is 8.39. The lowest BCUT2D eigenvalue weighted by atomic mass is 9.88. The minimum atomic E-state index is -0.0242. The highest BCUT2D eigenvalue weighted by Crippen LogP contribution is 2.45. The predicted octanol–water partition coefficient (Wildman–Crippen LogP) is 12.9. The third-order valence-electron chi connectivity index (χ3n) is 9.85. The number of Topliss-reactive ketones (excluding diaryl/α,β-unsaturated/α-hetero) is 1. The van der Waals surface area contributed by atoms with Gasteiger partial charge in [0.2, 0.25) is 0 Å². The second-order valence-electron chi connectivity index (χ2n) is 12.9. The Bertz CT molecular complexity index is 2490. The maximum absolute atomic E-state index is 13.1. The van der Waals surface area contributed by atoms with Crippen molar-refractivity contribution in [2.45, 2.75) is 13.8 Å². The molecule has 0 saturated carbocycles. The zero-order valence-corrected chi connectivity index (χ0v) is 28.9. The molecule has 3 heteroatoms. The van der Waals surface area contributed by atoms with Gasteiger partial charge in [-0.25, -0.2) is 0 Å². The van der Waals surface area contributed by atoms with E-state index in [-0.39, 0.29) is 5.78 Å². The lowest BCUT2D eigenvalue weighted by Gasteiger charge is -2.28. The molecular formula is C48H37NO2. The predicted molar refractivity (Wildman–Crippen MR) is 215 cm³/mol. The molecule has 0 N–H and O–H groups in total. The fraction of sp³-hybridized carbons (Fsp3) is 0.0625. The Balaban J connectivity index is 1.40. The van der Waals surface area contributed by atoms with E-state index >= 15 is 0 Å². The molecule has 8 aromatic carbocycles. The van der Waals surface area contributed by atoms with Crippen molar-refractivity contribution < 1.29 is 9.53 Å². The smallest absolute Gasteiger partial charge is 0.163 e. The lowest BCUT2D eigenvalue weighted by Crippen LogP contribution is -2.11. The molecule has 0 aliphatic carbocycles. The van der Waals surface area contributed by atoms with E-state index in [0.29, 0.717) is 11.3 Å². The molecule has 0 aliphatic heterocycles. The monoisotopic (exact) mass is 659 g/mol. The Morgan fingerprint density at radius 2 is 0.863 bits per heavy atom. The summed E-state index contributed by atoms with van der Waals surface area (Å²) in [5, 5.41) is 6.53. The second-order valence-corrected chi connectivity index (χ2v) is 12.9. The number of carbonyl (C=O) groups excluding carboxylic acids is 1. The van der Waals surface area contributed by atoms with Crippen molar-refractivity contribution in [1.29, 1.82) is 0 Å². The number of hydrogen-bond acceptors (Lipinski definition) is 3. The minimum Gasteiger partial charge on any atom is -0.501 e. The van der Waals surface area contributed by atoms with Crippen LogP contribution in [0.5, 0.6) is 0 Å². The van der Waals surface area contributed by atoms with E-state index in [9.17, 15) is 4.79 Å². The second kappa shape index (κ2) is 13.5. The van der Waals surface area contributed by atoms with Gasteiger partial charge in [-0.15, -0.1) is 0 Å². The number of anilines is 3. The van der Waals surface area contributed by atoms with Gasteiger partial charge >= 0.3 is 0 Å². The Morgan fingerprint density at radius 3 is 1.35 bits per heavy atom. The molecule has 0 radical (unpaired) electrons. The summed E-state index contributed by atoms with van der Waals surface area (Å²) in [6.07, 6.45) is 0. The fourth-order valence-corrected chi connectivity index (χ4v) is 7.35. The van der Waals surface area contributed by atoms with Gasteiger partial charge in [0, 0.05) is 16.8 Å². The number of methoxy groups -OCH3 is 1. The van der Waals surface area contributed by atoms with Gasteiger partial charge in [0.15, 0.2) is 5.78 Å². The topological polar surface area (TPSA) is 29.5 Å². The molecule has 3 nitrogen and oxygen atoms in total. The highest BCUT2D eigenvalue weighted by molar-refractivity contribution is 6.29. The Labute approximate surface area is 298 Å². The van der Waals surface area contributed by atoms with E-state index in [2.05, 4.69) is 157 Å². The van der Waals surface area contributed by atoms with Crippen LogP contribution in [0.2, 0.25) is 0 Å². The summed E-state index contributed by atoms with van der Waals surface area (Å²) >= 11 is 0. The summed E-state index contributed by atoms with van der Waals surface area (Å²) in [7, 11) is 1.62. The van der Waals surface area contributed by atoms with Crippen molar-refractivity contribution >= 4 is 60.7 Å². The van der Waals surface area contributed by atoms with E-state index in [1.54, 1.807) is 14.0 Å². The first kappa shape index (κ1) is 31.8. The molecule has 0 heterocycles. The molecule has 8 aromatic rings. The van der Waals surface area contributed by atoms with Gasteiger partial charge in [0.05, 0.1) is 18.4 Å². The van der Waals surface area contributed by atoms with Crippen LogP contribution < -0.4 is 4.90 Å². The van der Waals surface area contributed by atoms with Crippen LogP contribution in [0.1, 0.15) is 19.4 Å². The number of hydrogen-bond donors (Lipinski definition) is 0. The Morgan fingerprint density at radius 1 is 0.451 bits per heavy atom. The lowest BCUT2D eigenvalue weighted by molar-refractivity contribution is -0.111. The number of fused-ring (bicyclic) bond motifs is 5. The van der Waals surface area contributed by atoms with E-state index in [1.807, 2.05) is 25.1 Å².